The van der Waals surface area contributed by atoms with Gasteiger partial charge in [0.2, 0.25) is 11.8 Å². The van der Waals surface area contributed by atoms with E-state index in [-0.39, 0.29) is 24.1 Å². The predicted molar refractivity (Wildman–Crippen MR) is 117 cm³/mol. The first-order chi connectivity index (χ1) is 13.9. The number of aryl methyl sites for hydroxylation is 1. The van der Waals surface area contributed by atoms with Crippen molar-refractivity contribution in [1.29, 1.82) is 0 Å². The SMILES string of the molecule is Cc1ccc(NC(=O)CN(C)C(=O)CSc2ncc(-c3ccccc3)n2C)cc1. The van der Waals surface area contributed by atoms with Crippen LogP contribution in [0.15, 0.2) is 66.0 Å². The molecule has 7 heteroatoms. The van der Waals surface area contributed by atoms with Crippen LogP contribution < -0.4 is 5.32 Å². The molecule has 29 heavy (non-hydrogen) atoms. The summed E-state index contributed by atoms with van der Waals surface area (Å²) in [5.41, 5.74) is 3.91. The molecule has 0 radical (unpaired) electrons. The molecule has 0 saturated carbocycles. The number of carbonyl (C=O) groups excluding carboxylic acids is 2. The Bertz CT molecular complexity index is 984. The van der Waals surface area contributed by atoms with E-state index in [2.05, 4.69) is 10.3 Å². The van der Waals surface area contributed by atoms with E-state index in [9.17, 15) is 9.59 Å². The number of hydrogen-bond donors (Lipinski definition) is 1. The van der Waals surface area contributed by atoms with Gasteiger partial charge in [0.15, 0.2) is 5.16 Å². The molecule has 0 saturated heterocycles. The van der Waals surface area contributed by atoms with E-state index in [1.165, 1.54) is 16.7 Å². The molecule has 0 spiro atoms. The van der Waals surface area contributed by atoms with Crippen molar-refractivity contribution >= 4 is 29.3 Å². The Morgan fingerprint density at radius 1 is 1.10 bits per heavy atom. The van der Waals surface area contributed by atoms with Crippen molar-refractivity contribution in [1.82, 2.24) is 14.5 Å². The summed E-state index contributed by atoms with van der Waals surface area (Å²) in [5.74, 6) is -0.135. The third-order valence-electron chi connectivity index (χ3n) is 4.48. The van der Waals surface area contributed by atoms with Gasteiger partial charge in [-0.25, -0.2) is 4.98 Å². The van der Waals surface area contributed by atoms with Gasteiger partial charge in [-0.05, 0) is 24.6 Å². The molecule has 0 unspecified atom stereocenters. The third kappa shape index (κ3) is 5.48. The molecular formula is C22H24N4O2S. The van der Waals surface area contributed by atoms with Crippen molar-refractivity contribution in [3.63, 3.8) is 0 Å². The Hall–Kier alpha value is -3.06. The number of aromatic nitrogens is 2. The number of carbonyl (C=O) groups is 2. The summed E-state index contributed by atoms with van der Waals surface area (Å²) in [7, 11) is 3.56. The molecule has 0 atom stereocenters. The number of nitrogens with zero attached hydrogens (tertiary/aromatic N) is 3. The molecule has 0 aliphatic rings. The summed E-state index contributed by atoms with van der Waals surface area (Å²) in [6.45, 7) is 1.99. The van der Waals surface area contributed by atoms with Crippen LogP contribution in [0.3, 0.4) is 0 Å². The average molecular weight is 409 g/mol. The zero-order chi connectivity index (χ0) is 20.8. The molecule has 1 aromatic heterocycles. The van der Waals surface area contributed by atoms with Gasteiger partial charge in [0, 0.05) is 19.8 Å². The summed E-state index contributed by atoms with van der Waals surface area (Å²) < 4.78 is 1.97. The topological polar surface area (TPSA) is 67.2 Å². The molecule has 2 amide bonds. The first-order valence-electron chi connectivity index (χ1n) is 9.24. The number of nitrogens with one attached hydrogen (secondary N) is 1. The lowest BCUT2D eigenvalue weighted by Gasteiger charge is -2.16. The Morgan fingerprint density at radius 3 is 2.48 bits per heavy atom. The van der Waals surface area contributed by atoms with Crippen LogP contribution in [-0.4, -0.2) is 45.6 Å². The highest BCUT2D eigenvalue weighted by molar-refractivity contribution is 7.99. The maximum absolute atomic E-state index is 12.4. The van der Waals surface area contributed by atoms with Gasteiger partial charge in [-0.2, -0.15) is 0 Å². The summed E-state index contributed by atoms with van der Waals surface area (Å²) in [4.78, 5) is 30.4. The molecule has 3 rings (SSSR count). The lowest BCUT2D eigenvalue weighted by atomic mass is 10.2. The first-order valence-corrected chi connectivity index (χ1v) is 10.2. The van der Waals surface area contributed by atoms with E-state index in [1.54, 1.807) is 13.2 Å². The van der Waals surface area contributed by atoms with Crippen LogP contribution in [0.25, 0.3) is 11.3 Å². The van der Waals surface area contributed by atoms with Crippen molar-refractivity contribution in [3.05, 3.63) is 66.4 Å². The van der Waals surface area contributed by atoms with E-state index in [0.29, 0.717) is 0 Å². The fourth-order valence-corrected chi connectivity index (χ4v) is 3.67. The van der Waals surface area contributed by atoms with Gasteiger partial charge >= 0.3 is 0 Å². The third-order valence-corrected chi connectivity index (χ3v) is 5.51. The molecule has 0 bridgehead atoms. The van der Waals surface area contributed by atoms with E-state index in [0.717, 1.165) is 27.7 Å². The number of imidazole rings is 1. The lowest BCUT2D eigenvalue weighted by Crippen LogP contribution is -2.36. The molecular weight excluding hydrogens is 384 g/mol. The molecule has 3 aromatic rings. The molecule has 6 nitrogen and oxygen atoms in total. The summed E-state index contributed by atoms with van der Waals surface area (Å²) in [5, 5.41) is 3.56. The van der Waals surface area contributed by atoms with E-state index in [4.69, 9.17) is 0 Å². The minimum Gasteiger partial charge on any atom is -0.336 e. The molecule has 1 N–H and O–H groups in total. The molecule has 0 fully saturated rings. The van der Waals surface area contributed by atoms with Crippen LogP contribution in [0, 0.1) is 6.92 Å². The highest BCUT2D eigenvalue weighted by atomic mass is 32.2. The number of likely N-dealkylation sites (N-methyl/N-ethyl adjacent to an activating group) is 1. The molecule has 2 aromatic carbocycles. The molecule has 0 aliphatic heterocycles. The molecule has 150 valence electrons. The van der Waals surface area contributed by atoms with Crippen molar-refractivity contribution < 1.29 is 9.59 Å². The molecule has 1 heterocycles. The smallest absolute Gasteiger partial charge is 0.243 e. The standard InChI is InChI=1S/C22H24N4O2S/c1-16-9-11-18(12-10-16)24-20(27)14-25(2)21(28)15-29-22-23-13-19(26(22)3)17-7-5-4-6-8-17/h4-13H,14-15H2,1-3H3,(H,24,27). The zero-order valence-corrected chi connectivity index (χ0v) is 17.6. The summed E-state index contributed by atoms with van der Waals surface area (Å²) in [6, 6.07) is 17.5. The van der Waals surface area contributed by atoms with Crippen LogP contribution in [0.1, 0.15) is 5.56 Å². The number of benzene rings is 2. The minimum absolute atomic E-state index is 0.00308. The van der Waals surface area contributed by atoms with Crippen LogP contribution in [0.5, 0.6) is 0 Å². The van der Waals surface area contributed by atoms with Crippen molar-refractivity contribution in [2.75, 3.05) is 24.7 Å². The van der Waals surface area contributed by atoms with Gasteiger partial charge in [-0.1, -0.05) is 59.8 Å². The number of amides is 2. The zero-order valence-electron chi connectivity index (χ0n) is 16.8. The number of hydrogen-bond acceptors (Lipinski definition) is 4. The largest absolute Gasteiger partial charge is 0.336 e. The van der Waals surface area contributed by atoms with Crippen molar-refractivity contribution in [2.24, 2.45) is 7.05 Å². The van der Waals surface area contributed by atoms with Gasteiger partial charge < -0.3 is 14.8 Å². The second-order valence-electron chi connectivity index (χ2n) is 6.80. The fraction of sp³-hybridized carbons (Fsp3) is 0.227. The first kappa shape index (κ1) is 20.7. The van der Waals surface area contributed by atoms with Gasteiger partial charge in [0.05, 0.1) is 24.2 Å². The second kappa shape index (κ2) is 9.43. The number of rotatable bonds is 7. The fourth-order valence-electron chi connectivity index (χ4n) is 2.78. The van der Waals surface area contributed by atoms with Crippen LogP contribution in [-0.2, 0) is 16.6 Å². The molecule has 0 aliphatic carbocycles. The van der Waals surface area contributed by atoms with E-state index < -0.39 is 0 Å². The van der Waals surface area contributed by atoms with E-state index >= 15 is 0 Å². The quantitative estimate of drug-likeness (QED) is 0.607. The van der Waals surface area contributed by atoms with Crippen LogP contribution >= 0.6 is 11.8 Å². The van der Waals surface area contributed by atoms with Gasteiger partial charge in [0.1, 0.15) is 0 Å². The van der Waals surface area contributed by atoms with Crippen LogP contribution in [0.4, 0.5) is 5.69 Å². The Labute approximate surface area is 174 Å². The van der Waals surface area contributed by atoms with Gasteiger partial charge in [0.25, 0.3) is 0 Å². The van der Waals surface area contributed by atoms with Crippen LogP contribution in [0.2, 0.25) is 0 Å². The average Bonchev–Trinajstić information content (AvgIpc) is 3.08. The van der Waals surface area contributed by atoms with Crippen molar-refractivity contribution in [2.45, 2.75) is 12.1 Å². The van der Waals surface area contributed by atoms with Gasteiger partial charge in [-0.3, -0.25) is 9.59 Å². The lowest BCUT2D eigenvalue weighted by molar-refractivity contribution is -0.131. The monoisotopic (exact) mass is 408 g/mol. The summed E-state index contributed by atoms with van der Waals surface area (Å²) >= 11 is 1.36. The normalized spacial score (nSPS) is 10.6. The predicted octanol–water partition coefficient (Wildman–Crippen LogP) is 3.58. The minimum atomic E-state index is -0.224. The van der Waals surface area contributed by atoms with E-state index in [1.807, 2.05) is 73.1 Å². The number of anilines is 1. The maximum Gasteiger partial charge on any atom is 0.243 e. The Kier molecular flexibility index (Phi) is 6.72. The van der Waals surface area contributed by atoms with Gasteiger partial charge in [-0.15, -0.1) is 0 Å². The summed E-state index contributed by atoms with van der Waals surface area (Å²) in [6.07, 6.45) is 1.81. The highest BCUT2D eigenvalue weighted by Gasteiger charge is 2.16. The number of thioether (sulfide) groups is 1. The highest BCUT2D eigenvalue weighted by Crippen LogP contribution is 2.24. The van der Waals surface area contributed by atoms with Crippen molar-refractivity contribution in [3.8, 4) is 11.3 Å². The second-order valence-corrected chi connectivity index (χ2v) is 7.75. The maximum atomic E-state index is 12.4. The Morgan fingerprint density at radius 2 is 1.79 bits per heavy atom. The Balaban J connectivity index is 1.52.